The second-order valence-electron chi connectivity index (χ2n) is 8.80. The number of hydrogen-bond acceptors (Lipinski definition) is 6. The van der Waals surface area contributed by atoms with Crippen LogP contribution in [0.2, 0.25) is 0 Å². The van der Waals surface area contributed by atoms with E-state index in [1.807, 2.05) is 35.9 Å². The third-order valence-corrected chi connectivity index (χ3v) is 6.42. The molecule has 0 aliphatic heterocycles. The first-order chi connectivity index (χ1) is 15.6. The van der Waals surface area contributed by atoms with Gasteiger partial charge in [0.2, 0.25) is 5.91 Å². The highest BCUT2D eigenvalue weighted by Crippen LogP contribution is 2.40. The summed E-state index contributed by atoms with van der Waals surface area (Å²) in [5, 5.41) is 12.2. The van der Waals surface area contributed by atoms with Gasteiger partial charge in [0.1, 0.15) is 17.4 Å². The van der Waals surface area contributed by atoms with Gasteiger partial charge in [-0.1, -0.05) is 12.8 Å². The monoisotopic (exact) mass is 434 g/mol. The van der Waals surface area contributed by atoms with Gasteiger partial charge in [0.15, 0.2) is 5.65 Å². The average Bonchev–Trinajstić information content (AvgIpc) is 3.41. The number of aryl methyl sites for hydroxylation is 1. The van der Waals surface area contributed by atoms with Crippen LogP contribution in [0.4, 0.5) is 5.82 Å². The normalized spacial score (nSPS) is 16.4. The van der Waals surface area contributed by atoms with Crippen LogP contribution in [0.1, 0.15) is 56.0 Å². The van der Waals surface area contributed by atoms with Crippen molar-refractivity contribution in [1.29, 1.82) is 0 Å². The number of fused-ring (bicyclic) bond motifs is 1. The number of nitrogens with one attached hydrogen (secondary N) is 2. The third-order valence-electron chi connectivity index (χ3n) is 6.42. The number of hydrogen-bond donors (Lipinski definition) is 2. The van der Waals surface area contributed by atoms with E-state index in [1.165, 1.54) is 0 Å². The molecule has 0 spiro atoms. The standard InChI is InChI=1S/C24H30N6O2/c1-15-20-22(25-13-14-26-24(31)17-5-3-4-6-17)27-21(16-7-8-16)28-23(20)30(29-15)18-9-11-19(32-2)12-10-18/h9-12,16-17H,3-8,13-14H2,1-2H3,(H,26,31)(H,25,27,28). The number of methoxy groups -OCH3 is 1. The van der Waals surface area contributed by atoms with Crippen molar-refractivity contribution in [2.75, 3.05) is 25.5 Å². The first-order valence-corrected chi connectivity index (χ1v) is 11.6. The minimum atomic E-state index is 0.180. The van der Waals surface area contributed by atoms with Crippen LogP contribution >= 0.6 is 0 Å². The number of ether oxygens (including phenoxy) is 1. The lowest BCUT2D eigenvalue weighted by atomic mass is 10.1. The molecule has 5 rings (SSSR count). The van der Waals surface area contributed by atoms with Gasteiger partial charge in [0, 0.05) is 24.9 Å². The van der Waals surface area contributed by atoms with Crippen LogP contribution in [-0.4, -0.2) is 45.9 Å². The molecule has 2 aliphatic rings. The van der Waals surface area contributed by atoms with E-state index in [2.05, 4.69) is 10.6 Å². The van der Waals surface area contributed by atoms with E-state index in [-0.39, 0.29) is 11.8 Å². The van der Waals surface area contributed by atoms with Crippen molar-refractivity contribution >= 4 is 22.8 Å². The molecule has 1 amide bonds. The summed E-state index contributed by atoms with van der Waals surface area (Å²) in [7, 11) is 1.66. The Balaban J connectivity index is 1.39. The van der Waals surface area contributed by atoms with Gasteiger partial charge < -0.3 is 15.4 Å². The Morgan fingerprint density at radius 2 is 1.84 bits per heavy atom. The van der Waals surface area contributed by atoms with Crippen molar-refractivity contribution in [3.8, 4) is 11.4 Å². The maximum atomic E-state index is 12.3. The number of rotatable bonds is 8. The number of nitrogens with zero attached hydrogens (tertiary/aromatic N) is 4. The predicted octanol–water partition coefficient (Wildman–Crippen LogP) is 3.73. The maximum Gasteiger partial charge on any atom is 0.223 e. The van der Waals surface area contributed by atoms with Crippen LogP contribution in [0, 0.1) is 12.8 Å². The van der Waals surface area contributed by atoms with Crippen LogP contribution in [0.25, 0.3) is 16.7 Å². The fourth-order valence-corrected chi connectivity index (χ4v) is 4.45. The van der Waals surface area contributed by atoms with Crippen molar-refractivity contribution in [3.05, 3.63) is 35.8 Å². The molecule has 8 nitrogen and oxygen atoms in total. The summed E-state index contributed by atoms with van der Waals surface area (Å²) < 4.78 is 7.16. The Morgan fingerprint density at radius 1 is 1.09 bits per heavy atom. The minimum absolute atomic E-state index is 0.180. The topological polar surface area (TPSA) is 94.0 Å². The lowest BCUT2D eigenvalue weighted by Gasteiger charge is -2.12. The molecule has 168 valence electrons. The Morgan fingerprint density at radius 3 is 2.53 bits per heavy atom. The van der Waals surface area contributed by atoms with Gasteiger partial charge in [0.05, 0.1) is 23.9 Å². The maximum absolute atomic E-state index is 12.3. The summed E-state index contributed by atoms with van der Waals surface area (Å²) in [5.74, 6) is 3.25. The summed E-state index contributed by atoms with van der Waals surface area (Å²) in [6, 6.07) is 7.81. The molecule has 8 heteroatoms. The molecule has 0 bridgehead atoms. The molecule has 0 atom stereocenters. The van der Waals surface area contributed by atoms with Crippen molar-refractivity contribution in [2.45, 2.75) is 51.4 Å². The zero-order valence-corrected chi connectivity index (χ0v) is 18.7. The van der Waals surface area contributed by atoms with Crippen molar-refractivity contribution in [1.82, 2.24) is 25.1 Å². The Bertz CT molecular complexity index is 1110. The molecule has 1 aromatic carbocycles. The smallest absolute Gasteiger partial charge is 0.223 e. The van der Waals surface area contributed by atoms with Crippen molar-refractivity contribution in [2.24, 2.45) is 5.92 Å². The lowest BCUT2D eigenvalue weighted by molar-refractivity contribution is -0.124. The molecule has 2 heterocycles. The first-order valence-electron chi connectivity index (χ1n) is 11.6. The number of anilines is 1. The largest absolute Gasteiger partial charge is 0.497 e. The lowest BCUT2D eigenvalue weighted by Crippen LogP contribution is -2.33. The number of carbonyl (C=O) groups excluding carboxylic acids is 1. The summed E-state index contributed by atoms with van der Waals surface area (Å²) in [5.41, 5.74) is 2.61. The second-order valence-corrected chi connectivity index (χ2v) is 8.80. The van der Waals surface area contributed by atoms with Crippen LogP contribution < -0.4 is 15.4 Å². The molecule has 0 saturated heterocycles. The minimum Gasteiger partial charge on any atom is -0.497 e. The average molecular weight is 435 g/mol. The van der Waals surface area contributed by atoms with E-state index in [9.17, 15) is 4.79 Å². The fourth-order valence-electron chi connectivity index (χ4n) is 4.45. The molecule has 0 radical (unpaired) electrons. The molecule has 2 saturated carbocycles. The van der Waals surface area contributed by atoms with Crippen LogP contribution in [-0.2, 0) is 4.79 Å². The molecule has 0 unspecified atom stereocenters. The number of carbonyl (C=O) groups is 1. The van der Waals surface area contributed by atoms with Crippen molar-refractivity contribution in [3.63, 3.8) is 0 Å². The Labute approximate surface area is 187 Å². The van der Waals surface area contributed by atoms with E-state index in [4.69, 9.17) is 19.8 Å². The molecule has 32 heavy (non-hydrogen) atoms. The second kappa shape index (κ2) is 8.76. The Hall–Kier alpha value is -3.16. The summed E-state index contributed by atoms with van der Waals surface area (Å²) >= 11 is 0. The highest BCUT2D eigenvalue weighted by Gasteiger charge is 2.29. The van der Waals surface area contributed by atoms with Crippen molar-refractivity contribution < 1.29 is 9.53 Å². The Kier molecular flexibility index (Phi) is 5.68. The quantitative estimate of drug-likeness (QED) is 0.525. The molecular formula is C24H30N6O2. The highest BCUT2D eigenvalue weighted by atomic mass is 16.5. The van der Waals surface area contributed by atoms with Gasteiger partial charge in [-0.15, -0.1) is 0 Å². The third kappa shape index (κ3) is 4.13. The summed E-state index contributed by atoms with van der Waals surface area (Å²) in [4.78, 5) is 22.0. The zero-order chi connectivity index (χ0) is 22.1. The van der Waals surface area contributed by atoms with E-state index in [1.54, 1.807) is 7.11 Å². The van der Waals surface area contributed by atoms with E-state index < -0.39 is 0 Å². The molecule has 2 fully saturated rings. The predicted molar refractivity (Wildman–Crippen MR) is 123 cm³/mol. The zero-order valence-electron chi connectivity index (χ0n) is 18.7. The molecule has 3 aromatic rings. The van der Waals surface area contributed by atoms with Gasteiger partial charge in [-0.2, -0.15) is 5.10 Å². The van der Waals surface area contributed by atoms with E-state index in [0.717, 1.165) is 78.3 Å². The fraction of sp³-hybridized carbons (Fsp3) is 0.500. The van der Waals surface area contributed by atoms with Gasteiger partial charge in [-0.25, -0.2) is 14.6 Å². The summed E-state index contributed by atoms with van der Waals surface area (Å²) in [6.07, 6.45) is 6.60. The van der Waals surface area contributed by atoms with Gasteiger partial charge in [0.25, 0.3) is 0 Å². The number of aromatic nitrogens is 4. The first kappa shape index (κ1) is 20.7. The van der Waals surface area contributed by atoms with Crippen LogP contribution in [0.15, 0.2) is 24.3 Å². The molecular weight excluding hydrogens is 404 g/mol. The molecule has 2 N–H and O–H groups in total. The molecule has 2 aromatic heterocycles. The van der Waals surface area contributed by atoms with E-state index >= 15 is 0 Å². The highest BCUT2D eigenvalue weighted by molar-refractivity contribution is 5.90. The summed E-state index contributed by atoms with van der Waals surface area (Å²) in [6.45, 7) is 3.17. The number of amides is 1. The SMILES string of the molecule is COc1ccc(-n2nc(C)c3c(NCCNC(=O)C4CCCC4)nc(C4CC4)nc32)cc1. The number of benzene rings is 1. The van der Waals surface area contributed by atoms with Gasteiger partial charge >= 0.3 is 0 Å². The molecule has 2 aliphatic carbocycles. The van der Waals surface area contributed by atoms with Gasteiger partial charge in [-0.3, -0.25) is 4.79 Å². The van der Waals surface area contributed by atoms with Gasteiger partial charge in [-0.05, 0) is 56.9 Å². The van der Waals surface area contributed by atoms with Crippen LogP contribution in [0.3, 0.4) is 0 Å². The van der Waals surface area contributed by atoms with E-state index in [0.29, 0.717) is 19.0 Å². The van der Waals surface area contributed by atoms with Crippen LogP contribution in [0.5, 0.6) is 5.75 Å².